The van der Waals surface area contributed by atoms with E-state index in [1.54, 1.807) is 0 Å². The van der Waals surface area contributed by atoms with Gasteiger partial charge in [-0.05, 0) is 54.1 Å². The van der Waals surface area contributed by atoms with Crippen LogP contribution in [0.15, 0.2) is 72.8 Å². The fourth-order valence-corrected chi connectivity index (χ4v) is 3.41. The van der Waals surface area contributed by atoms with E-state index in [1.165, 1.54) is 0 Å². The van der Waals surface area contributed by atoms with Gasteiger partial charge in [-0.1, -0.05) is 47.5 Å². The van der Waals surface area contributed by atoms with E-state index in [0.717, 1.165) is 42.4 Å². The molecule has 0 unspecified atom stereocenters. The van der Waals surface area contributed by atoms with Crippen LogP contribution in [0.3, 0.4) is 0 Å². The number of hydrogen-bond acceptors (Lipinski definition) is 3. The van der Waals surface area contributed by atoms with E-state index in [-0.39, 0.29) is 0 Å². The fraction of sp³-hybridized carbons (Fsp3) is 0.182. The van der Waals surface area contributed by atoms with Crippen LogP contribution in [-0.4, -0.2) is 19.1 Å². The van der Waals surface area contributed by atoms with Crippen LogP contribution < -0.4 is 15.0 Å². The van der Waals surface area contributed by atoms with Gasteiger partial charge in [0.1, 0.15) is 11.5 Å². The lowest BCUT2D eigenvalue weighted by molar-refractivity contribution is 0.411. The minimum absolute atomic E-state index is 0.459. The highest BCUT2D eigenvalue weighted by molar-refractivity contribution is 6.42. The molecule has 1 aliphatic heterocycles. The minimum atomic E-state index is 0.459. The van der Waals surface area contributed by atoms with Gasteiger partial charge in [0.05, 0.1) is 16.1 Å². The SMILES string of the molecule is Clc1ccc(CN(c2ccc(Oc3ccccc3)cc2)C2CNC2)cc1Cl. The maximum absolute atomic E-state index is 6.19. The van der Waals surface area contributed by atoms with Gasteiger partial charge >= 0.3 is 0 Å². The number of hydrogen-bond donors (Lipinski definition) is 1. The number of halogens is 2. The van der Waals surface area contributed by atoms with Crippen molar-refractivity contribution in [2.45, 2.75) is 12.6 Å². The predicted molar refractivity (Wildman–Crippen MR) is 112 cm³/mol. The van der Waals surface area contributed by atoms with E-state index in [0.29, 0.717) is 16.1 Å². The first-order valence-corrected chi connectivity index (χ1v) is 9.69. The Morgan fingerprint density at radius 1 is 0.852 bits per heavy atom. The Morgan fingerprint density at radius 3 is 2.19 bits per heavy atom. The van der Waals surface area contributed by atoms with E-state index in [4.69, 9.17) is 27.9 Å². The van der Waals surface area contributed by atoms with E-state index < -0.39 is 0 Å². The maximum atomic E-state index is 6.19. The molecule has 1 saturated heterocycles. The predicted octanol–water partition coefficient (Wildman–Crippen LogP) is 5.76. The van der Waals surface area contributed by atoms with Crippen LogP contribution in [0.5, 0.6) is 11.5 Å². The smallest absolute Gasteiger partial charge is 0.127 e. The fourth-order valence-electron chi connectivity index (χ4n) is 3.09. The maximum Gasteiger partial charge on any atom is 0.127 e. The van der Waals surface area contributed by atoms with Crippen molar-refractivity contribution in [3.8, 4) is 11.5 Å². The Bertz CT molecular complexity index is 896. The summed E-state index contributed by atoms with van der Waals surface area (Å²) in [5.41, 5.74) is 2.30. The second kappa shape index (κ2) is 8.22. The van der Waals surface area contributed by atoms with Crippen LogP contribution in [0.2, 0.25) is 10.0 Å². The van der Waals surface area contributed by atoms with Gasteiger partial charge in [-0.25, -0.2) is 0 Å². The molecule has 0 atom stereocenters. The van der Waals surface area contributed by atoms with E-state index in [9.17, 15) is 0 Å². The van der Waals surface area contributed by atoms with Crippen molar-refractivity contribution in [2.75, 3.05) is 18.0 Å². The van der Waals surface area contributed by atoms with Gasteiger partial charge in [-0.3, -0.25) is 0 Å². The molecule has 27 heavy (non-hydrogen) atoms. The molecule has 138 valence electrons. The highest BCUT2D eigenvalue weighted by Crippen LogP contribution is 2.29. The quantitative estimate of drug-likeness (QED) is 0.570. The Morgan fingerprint density at radius 2 is 1.56 bits per heavy atom. The first-order chi connectivity index (χ1) is 13.2. The summed E-state index contributed by atoms with van der Waals surface area (Å²) < 4.78 is 5.90. The molecule has 0 amide bonds. The van der Waals surface area contributed by atoms with Crippen molar-refractivity contribution in [3.05, 3.63) is 88.4 Å². The molecule has 0 aliphatic carbocycles. The third-order valence-electron chi connectivity index (χ3n) is 4.68. The molecule has 0 spiro atoms. The van der Waals surface area contributed by atoms with Crippen LogP contribution in [0.1, 0.15) is 5.56 Å². The van der Waals surface area contributed by atoms with Gasteiger partial charge in [0, 0.05) is 25.3 Å². The lowest BCUT2D eigenvalue weighted by atomic mass is 10.1. The first-order valence-electron chi connectivity index (χ1n) is 8.93. The lowest BCUT2D eigenvalue weighted by Crippen LogP contribution is -2.57. The van der Waals surface area contributed by atoms with Crippen molar-refractivity contribution in [3.63, 3.8) is 0 Å². The molecule has 0 radical (unpaired) electrons. The van der Waals surface area contributed by atoms with Crippen molar-refractivity contribution >= 4 is 28.9 Å². The van der Waals surface area contributed by atoms with Gasteiger partial charge < -0.3 is 15.0 Å². The average molecular weight is 399 g/mol. The number of anilines is 1. The van der Waals surface area contributed by atoms with Crippen LogP contribution >= 0.6 is 23.2 Å². The lowest BCUT2D eigenvalue weighted by Gasteiger charge is -2.40. The highest BCUT2D eigenvalue weighted by Gasteiger charge is 2.25. The Labute approximate surface area is 169 Å². The summed E-state index contributed by atoms with van der Waals surface area (Å²) in [6.07, 6.45) is 0. The van der Waals surface area contributed by atoms with Crippen molar-refractivity contribution in [1.29, 1.82) is 0 Å². The second-order valence-corrected chi connectivity index (χ2v) is 7.41. The summed E-state index contributed by atoms with van der Waals surface area (Å²) in [5, 5.41) is 4.52. The minimum Gasteiger partial charge on any atom is -0.457 e. The second-order valence-electron chi connectivity index (χ2n) is 6.60. The van der Waals surface area contributed by atoms with Crippen LogP contribution in [0.25, 0.3) is 0 Å². The third kappa shape index (κ3) is 4.38. The summed E-state index contributed by atoms with van der Waals surface area (Å²) in [6, 6.07) is 24.3. The topological polar surface area (TPSA) is 24.5 Å². The average Bonchev–Trinajstić information content (AvgIpc) is 2.64. The van der Waals surface area contributed by atoms with Gasteiger partial charge in [-0.15, -0.1) is 0 Å². The molecule has 0 aromatic heterocycles. The molecule has 1 N–H and O–H groups in total. The zero-order valence-electron chi connectivity index (χ0n) is 14.7. The van der Waals surface area contributed by atoms with E-state index >= 15 is 0 Å². The zero-order valence-corrected chi connectivity index (χ0v) is 16.3. The molecule has 3 aromatic carbocycles. The molecule has 0 bridgehead atoms. The summed E-state index contributed by atoms with van der Waals surface area (Å²) in [5.74, 6) is 1.66. The number of nitrogens with one attached hydrogen (secondary N) is 1. The molecular weight excluding hydrogens is 379 g/mol. The normalized spacial score (nSPS) is 13.9. The third-order valence-corrected chi connectivity index (χ3v) is 5.42. The summed E-state index contributed by atoms with van der Waals surface area (Å²) in [7, 11) is 0. The number of benzene rings is 3. The molecule has 4 rings (SSSR count). The van der Waals surface area contributed by atoms with Crippen molar-refractivity contribution in [2.24, 2.45) is 0 Å². The summed E-state index contributed by atoms with van der Waals surface area (Å²) in [4.78, 5) is 2.39. The molecule has 1 heterocycles. The molecule has 3 nitrogen and oxygen atoms in total. The summed E-state index contributed by atoms with van der Waals surface area (Å²) >= 11 is 12.2. The van der Waals surface area contributed by atoms with Crippen LogP contribution in [-0.2, 0) is 6.54 Å². The molecule has 1 aliphatic rings. The number of para-hydroxylation sites is 1. The van der Waals surface area contributed by atoms with Gasteiger partial charge in [0.2, 0.25) is 0 Å². The largest absolute Gasteiger partial charge is 0.457 e. The molecule has 1 fully saturated rings. The molecule has 0 saturated carbocycles. The van der Waals surface area contributed by atoms with E-state index in [2.05, 4.69) is 22.3 Å². The Hall–Kier alpha value is -2.20. The molecular formula is C22H20Cl2N2O. The highest BCUT2D eigenvalue weighted by atomic mass is 35.5. The number of ether oxygens (including phenoxy) is 1. The number of rotatable bonds is 6. The Kier molecular flexibility index (Phi) is 5.53. The zero-order chi connectivity index (χ0) is 18.6. The van der Waals surface area contributed by atoms with Crippen LogP contribution in [0.4, 0.5) is 5.69 Å². The van der Waals surface area contributed by atoms with E-state index in [1.807, 2.05) is 60.7 Å². The van der Waals surface area contributed by atoms with Gasteiger partial charge in [0.25, 0.3) is 0 Å². The molecule has 5 heteroatoms. The van der Waals surface area contributed by atoms with Gasteiger partial charge in [0.15, 0.2) is 0 Å². The number of nitrogens with zero attached hydrogens (tertiary/aromatic N) is 1. The standard InChI is InChI=1S/C22H20Cl2N2O/c23-21-11-6-16(12-22(21)24)15-26(18-13-25-14-18)17-7-9-20(10-8-17)27-19-4-2-1-3-5-19/h1-12,18,25H,13-15H2. The van der Waals surface area contributed by atoms with Crippen molar-refractivity contribution < 1.29 is 4.74 Å². The van der Waals surface area contributed by atoms with Crippen LogP contribution in [0, 0.1) is 0 Å². The Balaban J connectivity index is 1.52. The monoisotopic (exact) mass is 398 g/mol. The summed E-state index contributed by atoms with van der Waals surface area (Å²) in [6.45, 7) is 2.73. The van der Waals surface area contributed by atoms with Crippen molar-refractivity contribution in [1.82, 2.24) is 5.32 Å². The van der Waals surface area contributed by atoms with Gasteiger partial charge in [-0.2, -0.15) is 0 Å². The molecule has 3 aromatic rings. The first kappa shape index (κ1) is 18.2.